The summed E-state index contributed by atoms with van der Waals surface area (Å²) in [5, 5.41) is 9.72. The Morgan fingerprint density at radius 2 is 1.91 bits per heavy atom. The Bertz CT molecular complexity index is 654. The van der Waals surface area contributed by atoms with Crippen molar-refractivity contribution in [1.82, 2.24) is 4.90 Å². The monoisotopic (exact) mass is 321 g/mol. The number of hydrogen-bond donors (Lipinski definition) is 1. The van der Waals surface area contributed by atoms with E-state index in [0.717, 1.165) is 5.56 Å². The molecule has 23 heavy (non-hydrogen) atoms. The zero-order valence-corrected chi connectivity index (χ0v) is 12.6. The van der Waals surface area contributed by atoms with Gasteiger partial charge in [-0.15, -0.1) is 0 Å². The molecule has 0 spiro atoms. The summed E-state index contributed by atoms with van der Waals surface area (Å²) < 4.78 is 31.9. The molecule has 1 amide bonds. The maximum atomic E-state index is 13.9. The van der Waals surface area contributed by atoms with Gasteiger partial charge in [0.1, 0.15) is 22.9 Å². The van der Waals surface area contributed by atoms with Crippen molar-refractivity contribution < 1.29 is 23.4 Å². The molecule has 1 N–H and O–H groups in total. The predicted molar refractivity (Wildman–Crippen MR) is 81.1 cm³/mol. The van der Waals surface area contributed by atoms with Crippen molar-refractivity contribution in [2.24, 2.45) is 0 Å². The SMILES string of the molecule is COCCN(Cc1ccccc1)C(=O)c1c(O)cc(F)cc1F. The molecule has 6 heteroatoms. The first kappa shape index (κ1) is 16.9. The summed E-state index contributed by atoms with van der Waals surface area (Å²) in [5.74, 6) is -3.48. The van der Waals surface area contributed by atoms with Gasteiger partial charge < -0.3 is 14.7 Å². The first-order valence-electron chi connectivity index (χ1n) is 7.03. The van der Waals surface area contributed by atoms with E-state index in [2.05, 4.69) is 0 Å². The first-order valence-corrected chi connectivity index (χ1v) is 7.03. The number of methoxy groups -OCH3 is 1. The second kappa shape index (κ2) is 7.69. The number of aromatic hydroxyl groups is 1. The Labute approximate surface area is 132 Å². The molecule has 0 atom stereocenters. The van der Waals surface area contributed by atoms with E-state index in [4.69, 9.17) is 4.74 Å². The lowest BCUT2D eigenvalue weighted by atomic mass is 10.1. The minimum Gasteiger partial charge on any atom is -0.507 e. The molecule has 2 rings (SSSR count). The summed E-state index contributed by atoms with van der Waals surface area (Å²) in [5.41, 5.74) is 0.303. The summed E-state index contributed by atoms with van der Waals surface area (Å²) in [7, 11) is 1.49. The van der Waals surface area contributed by atoms with Crippen molar-refractivity contribution in [1.29, 1.82) is 0 Å². The highest BCUT2D eigenvalue weighted by Gasteiger charge is 2.24. The second-order valence-corrected chi connectivity index (χ2v) is 4.99. The lowest BCUT2D eigenvalue weighted by molar-refractivity contribution is 0.0672. The fourth-order valence-electron chi connectivity index (χ4n) is 2.19. The zero-order chi connectivity index (χ0) is 16.8. The fraction of sp³-hybridized carbons (Fsp3) is 0.235. The molecule has 0 unspecified atom stereocenters. The van der Waals surface area contributed by atoms with Crippen LogP contribution in [0, 0.1) is 11.6 Å². The Hall–Kier alpha value is -2.47. The van der Waals surface area contributed by atoms with Crippen LogP contribution in [0.15, 0.2) is 42.5 Å². The molecule has 122 valence electrons. The highest BCUT2D eigenvalue weighted by Crippen LogP contribution is 2.24. The minimum absolute atomic E-state index is 0.209. The highest BCUT2D eigenvalue weighted by atomic mass is 19.1. The van der Waals surface area contributed by atoms with Crippen molar-refractivity contribution in [2.75, 3.05) is 20.3 Å². The normalized spacial score (nSPS) is 10.6. The topological polar surface area (TPSA) is 49.8 Å². The molecule has 0 saturated carbocycles. The molecule has 0 aliphatic rings. The van der Waals surface area contributed by atoms with Crippen LogP contribution >= 0.6 is 0 Å². The van der Waals surface area contributed by atoms with Crippen molar-refractivity contribution in [3.63, 3.8) is 0 Å². The molecule has 0 heterocycles. The Morgan fingerprint density at radius 3 is 2.52 bits per heavy atom. The zero-order valence-electron chi connectivity index (χ0n) is 12.6. The van der Waals surface area contributed by atoms with Gasteiger partial charge in [-0.25, -0.2) is 8.78 Å². The van der Waals surface area contributed by atoms with Crippen LogP contribution in [0.1, 0.15) is 15.9 Å². The summed E-state index contributed by atoms with van der Waals surface area (Å²) in [6.45, 7) is 0.682. The molecule has 0 aromatic heterocycles. The van der Waals surface area contributed by atoms with E-state index in [1.165, 1.54) is 12.0 Å². The summed E-state index contributed by atoms with van der Waals surface area (Å²) >= 11 is 0. The number of nitrogens with zero attached hydrogens (tertiary/aromatic N) is 1. The lowest BCUT2D eigenvalue weighted by Gasteiger charge is -2.23. The number of phenols is 1. The third kappa shape index (κ3) is 4.26. The number of hydrogen-bond acceptors (Lipinski definition) is 3. The highest BCUT2D eigenvalue weighted by molar-refractivity contribution is 5.97. The van der Waals surface area contributed by atoms with Gasteiger partial charge in [-0.05, 0) is 5.56 Å². The number of halogens is 2. The van der Waals surface area contributed by atoms with Gasteiger partial charge in [-0.1, -0.05) is 30.3 Å². The van der Waals surface area contributed by atoms with E-state index < -0.39 is 28.9 Å². The van der Waals surface area contributed by atoms with Crippen LogP contribution in [0.25, 0.3) is 0 Å². The molecule has 0 saturated heterocycles. The van der Waals surface area contributed by atoms with E-state index >= 15 is 0 Å². The predicted octanol–water partition coefficient (Wildman–Crippen LogP) is 2.96. The molecular formula is C17H17F2NO3. The van der Waals surface area contributed by atoms with Crippen molar-refractivity contribution >= 4 is 5.91 Å². The molecule has 0 fully saturated rings. The molecule has 0 radical (unpaired) electrons. The van der Waals surface area contributed by atoms with E-state index in [1.807, 2.05) is 30.3 Å². The van der Waals surface area contributed by atoms with Gasteiger partial charge >= 0.3 is 0 Å². The van der Waals surface area contributed by atoms with E-state index in [0.29, 0.717) is 12.1 Å². The smallest absolute Gasteiger partial charge is 0.260 e. The fourth-order valence-corrected chi connectivity index (χ4v) is 2.19. The maximum absolute atomic E-state index is 13.9. The van der Waals surface area contributed by atoms with Gasteiger partial charge in [-0.3, -0.25) is 4.79 Å². The lowest BCUT2D eigenvalue weighted by Crippen LogP contribution is -2.34. The third-order valence-electron chi connectivity index (χ3n) is 3.32. The number of rotatable bonds is 6. The maximum Gasteiger partial charge on any atom is 0.260 e. The molecule has 4 nitrogen and oxygen atoms in total. The van der Waals surface area contributed by atoms with Gasteiger partial charge in [0.2, 0.25) is 0 Å². The Kier molecular flexibility index (Phi) is 5.65. The number of phenolic OH excluding ortho intramolecular Hbond substituents is 1. The van der Waals surface area contributed by atoms with E-state index in [-0.39, 0.29) is 19.7 Å². The summed E-state index contributed by atoms with van der Waals surface area (Å²) in [6, 6.07) is 10.4. The van der Waals surface area contributed by atoms with Crippen LogP contribution < -0.4 is 0 Å². The van der Waals surface area contributed by atoms with Gasteiger partial charge in [0.05, 0.1) is 6.61 Å². The number of amides is 1. The van der Waals surface area contributed by atoms with Crippen LogP contribution in [-0.4, -0.2) is 36.2 Å². The van der Waals surface area contributed by atoms with E-state index in [9.17, 15) is 18.7 Å². The van der Waals surface area contributed by atoms with Crippen LogP contribution in [-0.2, 0) is 11.3 Å². The standard InChI is InChI=1S/C17H17F2NO3/c1-23-8-7-20(11-12-5-3-2-4-6-12)17(22)16-14(19)9-13(18)10-15(16)21/h2-6,9-10,21H,7-8,11H2,1H3. The summed E-state index contributed by atoms with van der Waals surface area (Å²) in [6.07, 6.45) is 0. The number of ether oxygens (including phenoxy) is 1. The Balaban J connectivity index is 2.30. The van der Waals surface area contributed by atoms with Crippen molar-refractivity contribution in [3.05, 3.63) is 65.2 Å². The number of benzene rings is 2. The minimum atomic E-state index is -1.09. The molecule has 0 bridgehead atoms. The van der Waals surface area contributed by atoms with Crippen LogP contribution in [0.5, 0.6) is 5.75 Å². The quantitative estimate of drug-likeness (QED) is 0.890. The van der Waals surface area contributed by atoms with Gasteiger partial charge in [-0.2, -0.15) is 0 Å². The van der Waals surface area contributed by atoms with E-state index in [1.54, 1.807) is 0 Å². The molecular weight excluding hydrogens is 304 g/mol. The molecule has 2 aromatic carbocycles. The second-order valence-electron chi connectivity index (χ2n) is 4.99. The van der Waals surface area contributed by atoms with Crippen molar-refractivity contribution in [2.45, 2.75) is 6.54 Å². The third-order valence-corrected chi connectivity index (χ3v) is 3.32. The van der Waals surface area contributed by atoms with Crippen LogP contribution in [0.4, 0.5) is 8.78 Å². The van der Waals surface area contributed by atoms with Crippen molar-refractivity contribution in [3.8, 4) is 5.75 Å². The average molecular weight is 321 g/mol. The number of carbonyl (C=O) groups excluding carboxylic acids is 1. The van der Waals surface area contributed by atoms with Gasteiger partial charge in [0, 0.05) is 32.3 Å². The largest absolute Gasteiger partial charge is 0.507 e. The van der Waals surface area contributed by atoms with Gasteiger partial charge in [0.15, 0.2) is 0 Å². The van der Waals surface area contributed by atoms with Crippen LogP contribution in [0.3, 0.4) is 0 Å². The molecule has 0 aliphatic heterocycles. The molecule has 0 aliphatic carbocycles. The first-order chi connectivity index (χ1) is 11.0. The molecule has 2 aromatic rings. The average Bonchev–Trinajstić information content (AvgIpc) is 2.51. The number of carbonyl (C=O) groups is 1. The van der Waals surface area contributed by atoms with Crippen LogP contribution in [0.2, 0.25) is 0 Å². The Morgan fingerprint density at radius 1 is 1.22 bits per heavy atom. The van der Waals surface area contributed by atoms with Gasteiger partial charge in [0.25, 0.3) is 5.91 Å². The summed E-state index contributed by atoms with van der Waals surface area (Å²) in [4.78, 5) is 13.9.